The van der Waals surface area contributed by atoms with Crippen molar-refractivity contribution in [2.24, 2.45) is 0 Å². The number of carbonyl (C=O) groups excluding carboxylic acids is 1. The van der Waals surface area contributed by atoms with Crippen LogP contribution >= 0.6 is 0 Å². The summed E-state index contributed by atoms with van der Waals surface area (Å²) in [5.74, 6) is 1.20. The number of oxazole rings is 1. The molecule has 29 heavy (non-hydrogen) atoms. The molecule has 2 aliphatic rings. The van der Waals surface area contributed by atoms with Crippen molar-refractivity contribution in [3.8, 4) is 11.3 Å². The van der Waals surface area contributed by atoms with E-state index in [4.69, 9.17) is 9.15 Å². The number of aromatic nitrogens is 3. The van der Waals surface area contributed by atoms with Gasteiger partial charge in [0.1, 0.15) is 11.4 Å². The number of aryl methyl sites for hydroxylation is 2. The van der Waals surface area contributed by atoms with Crippen molar-refractivity contribution >= 4 is 5.91 Å². The number of ether oxygens (including phenoxy) is 1. The van der Waals surface area contributed by atoms with Crippen molar-refractivity contribution in [3.63, 3.8) is 0 Å². The molecule has 7 heteroatoms. The first-order valence-electron chi connectivity index (χ1n) is 9.88. The lowest BCUT2D eigenvalue weighted by atomic mass is 9.87. The molecular weight excluding hydrogens is 368 g/mol. The summed E-state index contributed by atoms with van der Waals surface area (Å²) in [6.45, 7) is 5.52. The van der Waals surface area contributed by atoms with E-state index in [1.54, 1.807) is 4.90 Å². The van der Waals surface area contributed by atoms with Crippen LogP contribution in [0.4, 0.5) is 0 Å². The summed E-state index contributed by atoms with van der Waals surface area (Å²) < 4.78 is 11.6. The minimum Gasteiger partial charge on any atom is -0.443 e. The quantitative estimate of drug-likeness (QED) is 0.680. The van der Waals surface area contributed by atoms with Gasteiger partial charge in [-0.1, -0.05) is 30.7 Å². The van der Waals surface area contributed by atoms with Gasteiger partial charge < -0.3 is 14.1 Å². The van der Waals surface area contributed by atoms with Crippen molar-refractivity contribution in [3.05, 3.63) is 65.2 Å². The second-order valence-electron chi connectivity index (χ2n) is 7.74. The molecule has 1 saturated heterocycles. The lowest BCUT2D eigenvalue weighted by Crippen LogP contribution is -2.61. The molecule has 4 heterocycles. The lowest BCUT2D eigenvalue weighted by molar-refractivity contribution is -0.126. The second kappa shape index (κ2) is 6.77. The highest BCUT2D eigenvalue weighted by molar-refractivity contribution is 5.98. The minimum absolute atomic E-state index is 0.151. The van der Waals surface area contributed by atoms with Gasteiger partial charge in [0.15, 0.2) is 17.8 Å². The molecule has 1 fully saturated rings. The van der Waals surface area contributed by atoms with Crippen LogP contribution in [0.2, 0.25) is 0 Å². The van der Waals surface area contributed by atoms with Crippen LogP contribution in [-0.2, 0) is 23.4 Å². The standard InChI is InChI=1S/C22H22N4O3/c1-3-5-18-23-9-16-17(25-18)10-29-22(16)11-26(12-22)21(27)19-20(28-13-24-19)15-7-4-6-14(2)8-15/h4,6-9,13H,3,5,10-12H2,1-2H3. The summed E-state index contributed by atoms with van der Waals surface area (Å²) in [7, 11) is 0. The first-order valence-corrected chi connectivity index (χ1v) is 9.88. The predicted octanol–water partition coefficient (Wildman–Crippen LogP) is 3.27. The van der Waals surface area contributed by atoms with Crippen LogP contribution in [0.15, 0.2) is 41.3 Å². The molecule has 0 N–H and O–H groups in total. The summed E-state index contributed by atoms with van der Waals surface area (Å²) >= 11 is 0. The number of hydrogen-bond donors (Lipinski definition) is 0. The fraction of sp³-hybridized carbons (Fsp3) is 0.364. The summed E-state index contributed by atoms with van der Waals surface area (Å²) in [6.07, 6.45) is 5.06. The highest BCUT2D eigenvalue weighted by Gasteiger charge is 2.53. The van der Waals surface area contributed by atoms with Crippen LogP contribution in [0.3, 0.4) is 0 Å². The maximum atomic E-state index is 13.1. The molecule has 2 aliphatic heterocycles. The van der Waals surface area contributed by atoms with Gasteiger partial charge in [0, 0.05) is 23.7 Å². The maximum absolute atomic E-state index is 13.1. The number of carbonyl (C=O) groups is 1. The van der Waals surface area contributed by atoms with Crippen LogP contribution < -0.4 is 0 Å². The Morgan fingerprint density at radius 2 is 2.14 bits per heavy atom. The van der Waals surface area contributed by atoms with E-state index < -0.39 is 5.60 Å². The molecule has 0 aliphatic carbocycles. The highest BCUT2D eigenvalue weighted by Crippen LogP contribution is 2.43. The van der Waals surface area contributed by atoms with Gasteiger partial charge in [-0.3, -0.25) is 4.79 Å². The van der Waals surface area contributed by atoms with Crippen molar-refractivity contribution in [1.29, 1.82) is 0 Å². The van der Waals surface area contributed by atoms with Crippen LogP contribution in [0.1, 0.15) is 46.5 Å². The van der Waals surface area contributed by atoms with Gasteiger partial charge in [0.25, 0.3) is 5.91 Å². The molecule has 0 radical (unpaired) electrons. The summed E-state index contributed by atoms with van der Waals surface area (Å²) in [5, 5.41) is 0. The second-order valence-corrected chi connectivity index (χ2v) is 7.74. The van der Waals surface area contributed by atoms with E-state index in [1.807, 2.05) is 37.4 Å². The summed E-state index contributed by atoms with van der Waals surface area (Å²) in [5.41, 5.74) is 3.72. The fourth-order valence-electron chi connectivity index (χ4n) is 4.09. The molecule has 0 unspecified atom stereocenters. The minimum atomic E-state index is -0.497. The van der Waals surface area contributed by atoms with Crippen molar-refractivity contribution < 1.29 is 13.9 Å². The third kappa shape index (κ3) is 2.93. The Hall–Kier alpha value is -3.06. The maximum Gasteiger partial charge on any atom is 0.276 e. The highest BCUT2D eigenvalue weighted by atomic mass is 16.5. The largest absolute Gasteiger partial charge is 0.443 e. The normalized spacial score (nSPS) is 16.7. The zero-order valence-corrected chi connectivity index (χ0v) is 16.5. The Bertz CT molecular complexity index is 1090. The van der Waals surface area contributed by atoms with Gasteiger partial charge in [-0.25, -0.2) is 15.0 Å². The Kier molecular flexibility index (Phi) is 4.20. The van der Waals surface area contributed by atoms with Gasteiger partial charge in [-0.15, -0.1) is 0 Å². The first-order chi connectivity index (χ1) is 14.1. The topological polar surface area (TPSA) is 81.4 Å². The van der Waals surface area contributed by atoms with Crippen molar-refractivity contribution in [1.82, 2.24) is 19.9 Å². The SMILES string of the molecule is CCCc1ncc2c(n1)COC21CN(C(=O)c2ncoc2-c2cccc(C)c2)C1. The van der Waals surface area contributed by atoms with Crippen LogP contribution in [0, 0.1) is 6.92 Å². The molecule has 0 atom stereocenters. The van der Waals surface area contributed by atoms with E-state index in [-0.39, 0.29) is 5.91 Å². The van der Waals surface area contributed by atoms with Gasteiger partial charge in [0.05, 0.1) is 25.4 Å². The van der Waals surface area contributed by atoms with E-state index in [0.29, 0.717) is 31.2 Å². The van der Waals surface area contributed by atoms with E-state index in [9.17, 15) is 4.79 Å². The van der Waals surface area contributed by atoms with Gasteiger partial charge in [-0.05, 0) is 19.4 Å². The Labute approximate surface area is 168 Å². The number of benzene rings is 1. The summed E-state index contributed by atoms with van der Waals surface area (Å²) in [6, 6.07) is 7.85. The van der Waals surface area contributed by atoms with Crippen molar-refractivity contribution in [2.75, 3.05) is 13.1 Å². The molecule has 1 amide bonds. The Morgan fingerprint density at radius 1 is 1.28 bits per heavy atom. The number of hydrogen-bond acceptors (Lipinski definition) is 6. The molecular formula is C22H22N4O3. The smallest absolute Gasteiger partial charge is 0.276 e. The van der Waals surface area contributed by atoms with Gasteiger partial charge >= 0.3 is 0 Å². The molecule has 7 nitrogen and oxygen atoms in total. The summed E-state index contributed by atoms with van der Waals surface area (Å²) in [4.78, 5) is 28.1. The zero-order chi connectivity index (χ0) is 20.0. The predicted molar refractivity (Wildman–Crippen MR) is 105 cm³/mol. The molecule has 1 aromatic carbocycles. The van der Waals surface area contributed by atoms with Gasteiger partial charge in [-0.2, -0.15) is 0 Å². The molecule has 1 spiro atoms. The van der Waals surface area contributed by atoms with E-state index in [1.165, 1.54) is 6.39 Å². The number of rotatable bonds is 4. The number of likely N-dealkylation sites (tertiary alicyclic amines) is 1. The Morgan fingerprint density at radius 3 is 2.93 bits per heavy atom. The lowest BCUT2D eigenvalue weighted by Gasteiger charge is -2.46. The van der Waals surface area contributed by atoms with Crippen LogP contribution in [0.5, 0.6) is 0 Å². The van der Waals surface area contributed by atoms with Crippen LogP contribution in [-0.4, -0.2) is 38.8 Å². The molecule has 0 saturated carbocycles. The third-order valence-electron chi connectivity index (χ3n) is 5.60. The van der Waals surface area contributed by atoms with E-state index >= 15 is 0 Å². The number of amides is 1. The fourth-order valence-corrected chi connectivity index (χ4v) is 4.09. The van der Waals surface area contributed by atoms with E-state index in [0.717, 1.165) is 41.1 Å². The molecule has 148 valence electrons. The zero-order valence-electron chi connectivity index (χ0n) is 16.5. The number of fused-ring (bicyclic) bond motifs is 2. The Balaban J connectivity index is 1.36. The van der Waals surface area contributed by atoms with Gasteiger partial charge in [0.2, 0.25) is 0 Å². The molecule has 0 bridgehead atoms. The molecule has 2 aromatic heterocycles. The van der Waals surface area contributed by atoms with Crippen LogP contribution in [0.25, 0.3) is 11.3 Å². The average molecular weight is 390 g/mol. The first kappa shape index (κ1) is 18.0. The van der Waals surface area contributed by atoms with Crippen molar-refractivity contribution in [2.45, 2.75) is 38.9 Å². The average Bonchev–Trinajstić information content (AvgIpc) is 3.31. The molecule has 5 rings (SSSR count). The molecule has 3 aromatic rings. The number of nitrogens with zero attached hydrogens (tertiary/aromatic N) is 4. The third-order valence-corrected chi connectivity index (χ3v) is 5.60. The van der Waals surface area contributed by atoms with E-state index in [2.05, 4.69) is 21.9 Å². The monoisotopic (exact) mass is 390 g/mol.